The van der Waals surface area contributed by atoms with Crippen LogP contribution in [-0.2, 0) is 0 Å². The minimum absolute atomic E-state index is 0.142. The van der Waals surface area contributed by atoms with Gasteiger partial charge in [-0.05, 0) is 51.3 Å². The molecule has 0 unspecified atom stereocenters. The lowest BCUT2D eigenvalue weighted by Crippen LogP contribution is -2.16. The van der Waals surface area contributed by atoms with Gasteiger partial charge in [-0.25, -0.2) is 0 Å². The number of hydrogen-bond acceptors (Lipinski definition) is 2. The average molecular weight is 312 g/mol. The molecule has 2 aromatic rings. The van der Waals surface area contributed by atoms with Crippen LogP contribution in [0.25, 0.3) is 0 Å². The number of benzene rings is 1. The molecule has 0 fully saturated rings. The van der Waals surface area contributed by atoms with Crippen molar-refractivity contribution in [3.8, 4) is 0 Å². The number of hydrogen-bond donors (Lipinski definition) is 1. The van der Waals surface area contributed by atoms with E-state index in [0.717, 1.165) is 22.6 Å². The van der Waals surface area contributed by atoms with Gasteiger partial charge < -0.3 is 9.88 Å². The van der Waals surface area contributed by atoms with Gasteiger partial charge in [0.2, 0.25) is 0 Å². The van der Waals surface area contributed by atoms with Crippen LogP contribution in [0.4, 0.5) is 5.69 Å². The fourth-order valence-electron chi connectivity index (χ4n) is 3.29. The highest BCUT2D eigenvalue weighted by atomic mass is 16.1. The molecule has 0 saturated carbocycles. The van der Waals surface area contributed by atoms with E-state index < -0.39 is 0 Å². The molecule has 2 rings (SSSR count). The first-order valence-corrected chi connectivity index (χ1v) is 8.37. The van der Waals surface area contributed by atoms with Gasteiger partial charge in [0.25, 0.3) is 0 Å². The summed E-state index contributed by atoms with van der Waals surface area (Å²) >= 11 is 0. The molecule has 0 spiro atoms. The van der Waals surface area contributed by atoms with Gasteiger partial charge in [0, 0.05) is 28.7 Å². The van der Waals surface area contributed by atoms with Crippen molar-refractivity contribution in [1.82, 2.24) is 4.57 Å². The Balaban J connectivity index is 2.17. The first-order valence-electron chi connectivity index (χ1n) is 8.37. The third-order valence-electron chi connectivity index (χ3n) is 4.32. The zero-order valence-electron chi connectivity index (χ0n) is 15.1. The monoisotopic (exact) mass is 312 g/mol. The van der Waals surface area contributed by atoms with Gasteiger partial charge >= 0.3 is 0 Å². The molecule has 0 saturated heterocycles. The summed E-state index contributed by atoms with van der Waals surface area (Å²) in [6.45, 7) is 13.0. The van der Waals surface area contributed by atoms with Crippen LogP contribution in [0.1, 0.15) is 67.0 Å². The molecule has 0 atom stereocenters. The first-order chi connectivity index (χ1) is 10.8. The summed E-state index contributed by atoms with van der Waals surface area (Å²) in [4.78, 5) is 12.6. The van der Waals surface area contributed by atoms with Gasteiger partial charge in [-0.1, -0.05) is 32.0 Å². The molecule has 124 valence electrons. The minimum Gasteiger partial charge on any atom is -0.377 e. The molecule has 0 aliphatic carbocycles. The largest absolute Gasteiger partial charge is 0.377 e. The second kappa shape index (κ2) is 7.03. The number of para-hydroxylation sites is 1. The average Bonchev–Trinajstić information content (AvgIpc) is 2.80. The predicted molar refractivity (Wildman–Crippen MR) is 97.6 cm³/mol. The van der Waals surface area contributed by atoms with Crippen LogP contribution in [0.15, 0.2) is 30.3 Å². The Morgan fingerprint density at radius 2 is 1.78 bits per heavy atom. The van der Waals surface area contributed by atoms with Crippen LogP contribution >= 0.6 is 0 Å². The van der Waals surface area contributed by atoms with E-state index in [-0.39, 0.29) is 5.78 Å². The Labute approximate surface area is 139 Å². The number of rotatable bonds is 6. The third kappa shape index (κ3) is 3.66. The number of carbonyl (C=O) groups is 1. The van der Waals surface area contributed by atoms with Gasteiger partial charge in [-0.2, -0.15) is 0 Å². The summed E-state index contributed by atoms with van der Waals surface area (Å²) in [7, 11) is 0. The molecule has 0 amide bonds. The van der Waals surface area contributed by atoms with Crippen molar-refractivity contribution in [2.45, 2.75) is 53.5 Å². The Bertz CT molecular complexity index is 696. The molecule has 0 aliphatic heterocycles. The van der Waals surface area contributed by atoms with E-state index in [1.54, 1.807) is 0 Å². The lowest BCUT2D eigenvalue weighted by Gasteiger charge is -2.15. The zero-order valence-corrected chi connectivity index (χ0v) is 15.1. The number of anilines is 1. The van der Waals surface area contributed by atoms with Crippen molar-refractivity contribution in [2.24, 2.45) is 0 Å². The van der Waals surface area contributed by atoms with Crippen molar-refractivity contribution in [1.29, 1.82) is 0 Å². The topological polar surface area (TPSA) is 34.0 Å². The highest BCUT2D eigenvalue weighted by Crippen LogP contribution is 2.24. The fraction of sp³-hybridized carbons (Fsp3) is 0.450. The SMILES string of the molecule is Cc1cc(C(=O)CNc2ccccc2C(C)C)c(C)n1C(C)C. The van der Waals surface area contributed by atoms with Gasteiger partial charge in [0.15, 0.2) is 5.78 Å². The third-order valence-corrected chi connectivity index (χ3v) is 4.32. The maximum Gasteiger partial charge on any atom is 0.183 e. The molecule has 1 aromatic carbocycles. The normalized spacial score (nSPS) is 11.3. The maximum absolute atomic E-state index is 12.6. The van der Waals surface area contributed by atoms with E-state index in [2.05, 4.69) is 50.6 Å². The van der Waals surface area contributed by atoms with Crippen LogP contribution in [0, 0.1) is 13.8 Å². The minimum atomic E-state index is 0.142. The second-order valence-corrected chi connectivity index (χ2v) is 6.77. The number of aromatic nitrogens is 1. The summed E-state index contributed by atoms with van der Waals surface area (Å²) < 4.78 is 2.22. The van der Waals surface area contributed by atoms with Crippen molar-refractivity contribution in [2.75, 3.05) is 11.9 Å². The summed E-state index contributed by atoms with van der Waals surface area (Å²) in [6.07, 6.45) is 0. The van der Waals surface area contributed by atoms with E-state index in [4.69, 9.17) is 0 Å². The highest BCUT2D eigenvalue weighted by molar-refractivity contribution is 6.00. The molecule has 1 aromatic heterocycles. The lowest BCUT2D eigenvalue weighted by molar-refractivity contribution is 0.101. The number of Topliss-reactive ketones (excluding diaryl/α,β-unsaturated/α-hetero) is 1. The van der Waals surface area contributed by atoms with Crippen molar-refractivity contribution < 1.29 is 4.79 Å². The Kier molecular flexibility index (Phi) is 5.30. The zero-order chi connectivity index (χ0) is 17.1. The van der Waals surface area contributed by atoms with E-state index in [9.17, 15) is 4.79 Å². The fourth-order valence-corrected chi connectivity index (χ4v) is 3.29. The van der Waals surface area contributed by atoms with Crippen LogP contribution in [-0.4, -0.2) is 16.9 Å². The quantitative estimate of drug-likeness (QED) is 0.753. The molecule has 3 heteroatoms. The number of nitrogens with one attached hydrogen (secondary N) is 1. The first kappa shape index (κ1) is 17.3. The van der Waals surface area contributed by atoms with Gasteiger partial charge in [0.05, 0.1) is 6.54 Å². The number of aryl methyl sites for hydroxylation is 1. The van der Waals surface area contributed by atoms with Crippen LogP contribution in [0.5, 0.6) is 0 Å². The van der Waals surface area contributed by atoms with Crippen molar-refractivity contribution >= 4 is 11.5 Å². The molecule has 1 N–H and O–H groups in total. The molecule has 23 heavy (non-hydrogen) atoms. The van der Waals surface area contributed by atoms with Crippen LogP contribution in [0.2, 0.25) is 0 Å². The van der Waals surface area contributed by atoms with E-state index in [1.807, 2.05) is 31.2 Å². The molecular formula is C20H28N2O. The van der Waals surface area contributed by atoms with E-state index >= 15 is 0 Å². The Morgan fingerprint density at radius 3 is 2.35 bits per heavy atom. The molecule has 3 nitrogen and oxygen atoms in total. The van der Waals surface area contributed by atoms with E-state index in [0.29, 0.717) is 18.5 Å². The molecule has 0 radical (unpaired) electrons. The number of ketones is 1. The molecule has 1 heterocycles. The molecule has 0 aliphatic rings. The molecule has 0 bridgehead atoms. The summed E-state index contributed by atoms with van der Waals surface area (Å²) in [5, 5.41) is 3.32. The van der Waals surface area contributed by atoms with Crippen LogP contribution in [0.3, 0.4) is 0 Å². The molecular weight excluding hydrogens is 284 g/mol. The number of carbonyl (C=O) groups excluding carboxylic acids is 1. The van der Waals surface area contributed by atoms with Crippen molar-refractivity contribution in [3.05, 3.63) is 52.8 Å². The second-order valence-electron chi connectivity index (χ2n) is 6.77. The summed E-state index contributed by atoms with van der Waals surface area (Å²) in [5.41, 5.74) is 5.32. The number of nitrogens with zero attached hydrogens (tertiary/aromatic N) is 1. The maximum atomic E-state index is 12.6. The highest BCUT2D eigenvalue weighted by Gasteiger charge is 2.17. The predicted octanol–water partition coefficient (Wildman–Crippen LogP) is 5.10. The van der Waals surface area contributed by atoms with Gasteiger partial charge in [0.1, 0.15) is 0 Å². The van der Waals surface area contributed by atoms with E-state index in [1.165, 1.54) is 5.56 Å². The smallest absolute Gasteiger partial charge is 0.183 e. The van der Waals surface area contributed by atoms with Gasteiger partial charge in [-0.3, -0.25) is 4.79 Å². The summed E-state index contributed by atoms with van der Waals surface area (Å²) in [6, 6.07) is 10.6. The lowest BCUT2D eigenvalue weighted by atomic mass is 10.0. The standard InChI is InChI=1S/C20H28N2O/c1-13(2)17-9-7-8-10-19(17)21-12-20(23)18-11-15(5)22(14(3)4)16(18)6/h7-11,13-14,21H,12H2,1-6H3. The Morgan fingerprint density at radius 1 is 1.13 bits per heavy atom. The van der Waals surface area contributed by atoms with Crippen molar-refractivity contribution in [3.63, 3.8) is 0 Å². The van der Waals surface area contributed by atoms with Crippen LogP contribution < -0.4 is 5.32 Å². The Hall–Kier alpha value is -2.03. The van der Waals surface area contributed by atoms with Gasteiger partial charge in [-0.15, -0.1) is 0 Å². The summed E-state index contributed by atoms with van der Waals surface area (Å²) in [5.74, 6) is 0.573.